The van der Waals surface area contributed by atoms with Crippen molar-refractivity contribution >= 4 is 46.2 Å². The number of carboxylic acids is 1. The molecule has 2 atom stereocenters. The van der Waals surface area contributed by atoms with Crippen molar-refractivity contribution < 1.29 is 32.5 Å². The summed E-state index contributed by atoms with van der Waals surface area (Å²) in [5.74, 6) is -5.16. The number of carbonyl (C=O) groups excluding carboxylic acids is 2. The van der Waals surface area contributed by atoms with Gasteiger partial charge in [-0.25, -0.2) is 5.06 Å². The number of Topliss-reactive ketones (excluding diaryl/α,β-unsaturated/α-hetero) is 2. The molecule has 10 heteroatoms. The Kier molecular flexibility index (Phi) is 5.70. The van der Waals surface area contributed by atoms with Gasteiger partial charge in [-0.2, -0.15) is 4.21 Å². The van der Waals surface area contributed by atoms with Gasteiger partial charge in [-0.3, -0.25) is 18.9 Å². The van der Waals surface area contributed by atoms with Gasteiger partial charge in [0.1, 0.15) is 0 Å². The topological polar surface area (TPSA) is 121 Å². The molecule has 1 saturated carbocycles. The molecule has 1 aliphatic carbocycles. The molecule has 2 N–H and O–H groups in total. The quantitative estimate of drug-likeness (QED) is 0.305. The highest BCUT2D eigenvalue weighted by Crippen LogP contribution is 2.34. The number of hydrogen-bond donors (Lipinski definition) is 2. The minimum absolute atomic E-state index is 0.0912. The van der Waals surface area contributed by atoms with Gasteiger partial charge in [-0.15, -0.1) is 4.28 Å². The summed E-state index contributed by atoms with van der Waals surface area (Å²) in [6.45, 7) is 0. The summed E-state index contributed by atoms with van der Waals surface area (Å²) >= 11 is 3.47. The number of carboxylic acid groups (broad SMARTS) is 1. The van der Waals surface area contributed by atoms with E-state index in [0.717, 1.165) is 5.06 Å². The summed E-state index contributed by atoms with van der Waals surface area (Å²) in [6, 6.07) is 3.87. The lowest BCUT2D eigenvalue weighted by atomic mass is 9.91. The molecule has 0 amide bonds. The maximum absolute atomic E-state index is 12.4. The zero-order valence-electron chi connectivity index (χ0n) is 12.5. The normalized spacial score (nSPS) is 16.3. The van der Waals surface area contributed by atoms with Crippen molar-refractivity contribution in [2.24, 2.45) is 11.8 Å². The first-order chi connectivity index (χ1) is 11.2. The number of hydroxylamine groups is 1. The Bertz CT molecular complexity index is 719. The summed E-state index contributed by atoms with van der Waals surface area (Å²) in [7, 11) is 1.35. The van der Waals surface area contributed by atoms with Crippen LogP contribution >= 0.6 is 11.6 Å². The van der Waals surface area contributed by atoms with E-state index in [1.165, 1.54) is 25.2 Å². The van der Waals surface area contributed by atoms with Crippen molar-refractivity contribution in [3.63, 3.8) is 0 Å². The van der Waals surface area contributed by atoms with Crippen molar-refractivity contribution in [1.29, 1.82) is 0 Å². The molecule has 24 heavy (non-hydrogen) atoms. The Morgan fingerprint density at radius 3 is 2.46 bits per heavy atom. The van der Waals surface area contributed by atoms with Gasteiger partial charge in [-0.05, 0) is 31.0 Å². The van der Waals surface area contributed by atoms with Crippen LogP contribution in [0.2, 0.25) is 5.02 Å². The van der Waals surface area contributed by atoms with Crippen molar-refractivity contribution in [2.45, 2.75) is 12.8 Å². The first kappa shape index (κ1) is 18.5. The standard InChI is InChI=1S/C14H14ClNO7S/c1-16(23-24(21)22)8-4-5-9(10(15)6-8)13(18)11(14(19)20)12(17)7-2-3-7/h4-7,11H,2-3H2,1H3,(H,19,20)(H,21,22). The second-order valence-electron chi connectivity index (χ2n) is 5.27. The molecule has 1 fully saturated rings. The molecule has 1 aromatic rings. The van der Waals surface area contributed by atoms with Gasteiger partial charge in [0.25, 0.3) is 0 Å². The minimum atomic E-state index is -2.54. The third-order valence-electron chi connectivity index (χ3n) is 3.53. The number of rotatable bonds is 8. The van der Waals surface area contributed by atoms with Crippen LogP contribution in [0, 0.1) is 11.8 Å². The first-order valence-electron chi connectivity index (χ1n) is 6.85. The van der Waals surface area contributed by atoms with Gasteiger partial charge < -0.3 is 5.11 Å². The van der Waals surface area contributed by atoms with Gasteiger partial charge in [0, 0.05) is 18.5 Å². The maximum Gasteiger partial charge on any atom is 0.325 e. The number of ketones is 2. The van der Waals surface area contributed by atoms with Crippen molar-refractivity contribution in [3.05, 3.63) is 28.8 Å². The van der Waals surface area contributed by atoms with Crippen molar-refractivity contribution in [2.75, 3.05) is 12.1 Å². The van der Waals surface area contributed by atoms with E-state index in [2.05, 4.69) is 4.28 Å². The van der Waals surface area contributed by atoms with E-state index in [4.69, 9.17) is 16.2 Å². The average molecular weight is 376 g/mol. The number of benzene rings is 1. The monoisotopic (exact) mass is 375 g/mol. The van der Waals surface area contributed by atoms with Gasteiger partial charge >= 0.3 is 17.3 Å². The Balaban J connectivity index is 2.27. The third kappa shape index (κ3) is 4.18. The summed E-state index contributed by atoms with van der Waals surface area (Å²) in [5, 5.41) is 10.1. The lowest BCUT2D eigenvalue weighted by Gasteiger charge is -2.17. The number of carbonyl (C=O) groups is 3. The Labute approximate surface area is 144 Å². The van der Waals surface area contributed by atoms with E-state index in [0.29, 0.717) is 12.8 Å². The van der Waals surface area contributed by atoms with Crippen LogP contribution in [0.1, 0.15) is 23.2 Å². The molecule has 0 aromatic heterocycles. The van der Waals surface area contributed by atoms with Gasteiger partial charge in [-0.1, -0.05) is 11.6 Å². The van der Waals surface area contributed by atoms with E-state index in [1.54, 1.807) is 0 Å². The molecule has 130 valence electrons. The van der Waals surface area contributed by atoms with E-state index >= 15 is 0 Å². The molecule has 2 unspecified atom stereocenters. The van der Waals surface area contributed by atoms with E-state index in [1.807, 2.05) is 0 Å². The minimum Gasteiger partial charge on any atom is -0.480 e. The number of hydrogen-bond acceptors (Lipinski definition) is 6. The van der Waals surface area contributed by atoms with E-state index in [-0.39, 0.29) is 22.2 Å². The largest absolute Gasteiger partial charge is 0.480 e. The van der Waals surface area contributed by atoms with Gasteiger partial charge in [0.05, 0.1) is 10.7 Å². The van der Waals surface area contributed by atoms with Crippen molar-refractivity contribution in [1.82, 2.24) is 0 Å². The zero-order chi connectivity index (χ0) is 18.0. The summed E-state index contributed by atoms with van der Waals surface area (Å²) < 4.78 is 23.8. The highest BCUT2D eigenvalue weighted by atomic mass is 35.5. The fourth-order valence-electron chi connectivity index (χ4n) is 2.16. The van der Waals surface area contributed by atoms with Crippen LogP contribution in [0.15, 0.2) is 18.2 Å². The van der Waals surface area contributed by atoms with E-state index < -0.39 is 34.8 Å². The molecule has 0 aliphatic heterocycles. The second kappa shape index (κ2) is 7.39. The molecule has 0 saturated heterocycles. The molecule has 1 aliphatic rings. The predicted octanol–water partition coefficient (Wildman–Crippen LogP) is 1.71. The number of halogens is 1. The van der Waals surface area contributed by atoms with Crippen LogP contribution in [0.25, 0.3) is 0 Å². The molecule has 0 bridgehead atoms. The zero-order valence-corrected chi connectivity index (χ0v) is 14.0. The molecule has 0 spiro atoms. The Morgan fingerprint density at radius 2 is 2.00 bits per heavy atom. The van der Waals surface area contributed by atoms with Crippen LogP contribution < -0.4 is 5.06 Å². The Hall–Kier alpha value is -1.81. The lowest BCUT2D eigenvalue weighted by Crippen LogP contribution is -2.33. The van der Waals surface area contributed by atoms with Crippen LogP contribution in [0.3, 0.4) is 0 Å². The first-order valence-corrected chi connectivity index (χ1v) is 8.26. The van der Waals surface area contributed by atoms with Gasteiger partial charge in [0.2, 0.25) is 0 Å². The molecule has 1 aromatic carbocycles. The SMILES string of the molecule is CN(OS(=O)O)c1ccc(C(=O)C(C(=O)O)C(=O)C2CC2)c(Cl)c1. The maximum atomic E-state index is 12.4. The highest BCUT2D eigenvalue weighted by Gasteiger charge is 2.43. The predicted molar refractivity (Wildman–Crippen MR) is 84.9 cm³/mol. The average Bonchev–Trinajstić information content (AvgIpc) is 3.30. The summed E-state index contributed by atoms with van der Waals surface area (Å²) in [5.41, 5.74) is 0.152. The number of nitrogens with zero attached hydrogens (tertiary/aromatic N) is 1. The van der Waals surface area contributed by atoms with Crippen LogP contribution in [-0.4, -0.2) is 38.5 Å². The molecular formula is C14H14ClNO7S. The van der Waals surface area contributed by atoms with Crippen molar-refractivity contribution in [3.8, 4) is 0 Å². The smallest absolute Gasteiger partial charge is 0.325 e. The molecule has 0 heterocycles. The van der Waals surface area contributed by atoms with Crippen LogP contribution in [-0.2, 0) is 25.2 Å². The fraction of sp³-hybridized carbons (Fsp3) is 0.357. The molecule has 2 rings (SSSR count). The highest BCUT2D eigenvalue weighted by molar-refractivity contribution is 7.74. The number of aliphatic carboxylic acids is 1. The lowest BCUT2D eigenvalue weighted by molar-refractivity contribution is -0.144. The molecule has 8 nitrogen and oxygen atoms in total. The van der Waals surface area contributed by atoms with Crippen LogP contribution in [0.5, 0.6) is 0 Å². The summed E-state index contributed by atoms with van der Waals surface area (Å²) in [6.07, 6.45) is 1.17. The summed E-state index contributed by atoms with van der Waals surface area (Å²) in [4.78, 5) is 35.8. The van der Waals surface area contributed by atoms with Gasteiger partial charge in [0.15, 0.2) is 17.5 Å². The fourth-order valence-corrected chi connectivity index (χ4v) is 2.71. The Morgan fingerprint density at radius 1 is 1.38 bits per heavy atom. The number of anilines is 1. The third-order valence-corrected chi connectivity index (χ3v) is 4.19. The van der Waals surface area contributed by atoms with Crippen LogP contribution in [0.4, 0.5) is 5.69 Å². The molecular weight excluding hydrogens is 362 g/mol. The molecule has 0 radical (unpaired) electrons. The second-order valence-corrected chi connectivity index (χ2v) is 6.26. The van der Waals surface area contributed by atoms with E-state index in [9.17, 15) is 23.7 Å².